The van der Waals surface area contributed by atoms with Gasteiger partial charge in [-0.05, 0) is 30.3 Å². The Labute approximate surface area is 189 Å². The zero-order valence-corrected chi connectivity index (χ0v) is 19.2. The monoisotopic (exact) mass is 483 g/mol. The molecular weight excluding hydrogens is 465 g/mol. The smallest absolute Gasteiger partial charge is 0.246 e. The number of thiazole rings is 1. The van der Waals surface area contributed by atoms with Crippen molar-refractivity contribution in [3.05, 3.63) is 57.9 Å². The number of piperazine rings is 1. The summed E-state index contributed by atoms with van der Waals surface area (Å²) in [6.45, 7) is 1.81. The Balaban J connectivity index is 1.48. The summed E-state index contributed by atoms with van der Waals surface area (Å²) in [5.41, 5.74) is 1.88. The van der Waals surface area contributed by atoms with Gasteiger partial charge in [0.05, 0.1) is 12.8 Å². The molecule has 0 saturated carbocycles. The van der Waals surface area contributed by atoms with Crippen molar-refractivity contribution in [1.82, 2.24) is 9.29 Å². The van der Waals surface area contributed by atoms with Gasteiger partial charge < -0.3 is 9.64 Å². The van der Waals surface area contributed by atoms with Crippen molar-refractivity contribution in [3.8, 4) is 17.0 Å². The van der Waals surface area contributed by atoms with Gasteiger partial charge in [0.25, 0.3) is 0 Å². The number of aromatic nitrogens is 1. The number of nitrogens with zero attached hydrogens (tertiary/aromatic N) is 3. The minimum atomic E-state index is -3.71. The predicted octanol–water partition coefficient (Wildman–Crippen LogP) is 4.64. The fraction of sp³-hybridized carbons (Fsp3) is 0.250. The molecule has 0 unspecified atom stereocenters. The number of hydrogen-bond donors (Lipinski definition) is 0. The van der Waals surface area contributed by atoms with Crippen LogP contribution in [0.4, 0.5) is 5.13 Å². The molecule has 0 N–H and O–H groups in total. The normalized spacial score (nSPS) is 15.4. The van der Waals surface area contributed by atoms with Gasteiger partial charge >= 0.3 is 0 Å². The van der Waals surface area contributed by atoms with Crippen molar-refractivity contribution in [2.45, 2.75) is 4.90 Å². The summed E-state index contributed by atoms with van der Waals surface area (Å²) < 4.78 is 32.9. The first kappa shape index (κ1) is 21.4. The van der Waals surface area contributed by atoms with Crippen molar-refractivity contribution in [2.75, 3.05) is 38.2 Å². The van der Waals surface area contributed by atoms with E-state index in [1.54, 1.807) is 23.5 Å². The van der Waals surface area contributed by atoms with E-state index in [4.69, 9.17) is 32.9 Å². The highest BCUT2D eigenvalue weighted by molar-refractivity contribution is 7.89. The summed E-state index contributed by atoms with van der Waals surface area (Å²) in [5.74, 6) is 0.286. The van der Waals surface area contributed by atoms with E-state index in [-0.39, 0.29) is 10.6 Å². The molecule has 1 aliphatic heterocycles. The van der Waals surface area contributed by atoms with Gasteiger partial charge in [0.15, 0.2) is 5.13 Å². The van der Waals surface area contributed by atoms with Crippen LogP contribution in [-0.2, 0) is 10.0 Å². The van der Waals surface area contributed by atoms with Gasteiger partial charge in [-0.25, -0.2) is 13.4 Å². The first-order valence-corrected chi connectivity index (χ1v) is 12.3. The Hall–Kier alpha value is -1.84. The van der Waals surface area contributed by atoms with Crippen LogP contribution in [0, 0.1) is 0 Å². The Morgan fingerprint density at radius 2 is 1.67 bits per heavy atom. The minimum Gasteiger partial charge on any atom is -0.495 e. The van der Waals surface area contributed by atoms with Crippen molar-refractivity contribution in [3.63, 3.8) is 0 Å². The molecule has 1 aromatic heterocycles. The summed E-state index contributed by atoms with van der Waals surface area (Å²) in [5, 5.41) is 3.91. The summed E-state index contributed by atoms with van der Waals surface area (Å²) >= 11 is 13.5. The first-order chi connectivity index (χ1) is 14.4. The topological polar surface area (TPSA) is 62.7 Å². The van der Waals surface area contributed by atoms with Gasteiger partial charge in [0.1, 0.15) is 10.6 Å². The van der Waals surface area contributed by atoms with E-state index < -0.39 is 10.0 Å². The Bertz CT molecular complexity index is 1140. The number of hydrogen-bond acceptors (Lipinski definition) is 6. The molecule has 4 rings (SSSR count). The number of benzene rings is 2. The van der Waals surface area contributed by atoms with Crippen LogP contribution in [0.15, 0.2) is 52.7 Å². The first-order valence-electron chi connectivity index (χ1n) is 9.18. The fourth-order valence-electron chi connectivity index (χ4n) is 3.27. The van der Waals surface area contributed by atoms with E-state index in [1.807, 2.05) is 29.6 Å². The second kappa shape index (κ2) is 8.72. The molecule has 6 nitrogen and oxygen atoms in total. The van der Waals surface area contributed by atoms with Crippen LogP contribution in [0.3, 0.4) is 0 Å². The van der Waals surface area contributed by atoms with Gasteiger partial charge in [-0.1, -0.05) is 35.3 Å². The van der Waals surface area contributed by atoms with Gasteiger partial charge in [0, 0.05) is 47.2 Å². The number of ether oxygens (including phenoxy) is 1. The van der Waals surface area contributed by atoms with Gasteiger partial charge in [-0.15, -0.1) is 11.3 Å². The second-order valence-corrected chi connectivity index (χ2v) is 10.3. The summed E-state index contributed by atoms with van der Waals surface area (Å²) in [4.78, 5) is 6.90. The quantitative estimate of drug-likeness (QED) is 0.528. The third-order valence-corrected chi connectivity index (χ3v) is 8.19. The van der Waals surface area contributed by atoms with Crippen molar-refractivity contribution in [1.29, 1.82) is 0 Å². The second-order valence-electron chi connectivity index (χ2n) is 6.71. The van der Waals surface area contributed by atoms with Crippen LogP contribution < -0.4 is 9.64 Å². The van der Waals surface area contributed by atoms with Crippen molar-refractivity contribution < 1.29 is 13.2 Å². The van der Waals surface area contributed by atoms with Gasteiger partial charge in [-0.3, -0.25) is 0 Å². The van der Waals surface area contributed by atoms with E-state index in [9.17, 15) is 8.42 Å². The Morgan fingerprint density at radius 1 is 1.00 bits per heavy atom. The molecule has 0 atom stereocenters. The van der Waals surface area contributed by atoms with E-state index in [0.29, 0.717) is 36.2 Å². The molecule has 2 aromatic carbocycles. The van der Waals surface area contributed by atoms with Crippen LogP contribution in [0.1, 0.15) is 0 Å². The number of methoxy groups -OCH3 is 1. The minimum absolute atomic E-state index is 0.0882. The SMILES string of the molecule is COc1ccc(Cl)cc1S(=O)(=O)N1CCN(c2nc(-c3ccc(Cl)cc3)cs2)CC1. The molecule has 30 heavy (non-hydrogen) atoms. The van der Waals surface area contributed by atoms with Crippen LogP contribution in [0.5, 0.6) is 5.75 Å². The lowest BCUT2D eigenvalue weighted by molar-refractivity contribution is 0.374. The number of anilines is 1. The number of sulfonamides is 1. The zero-order valence-electron chi connectivity index (χ0n) is 16.1. The maximum absolute atomic E-state index is 13.1. The van der Waals surface area contributed by atoms with E-state index in [0.717, 1.165) is 16.4 Å². The Kier molecular flexibility index (Phi) is 6.22. The molecule has 0 radical (unpaired) electrons. The number of rotatable bonds is 5. The summed E-state index contributed by atoms with van der Waals surface area (Å²) in [6.07, 6.45) is 0. The lowest BCUT2D eigenvalue weighted by atomic mass is 10.2. The molecule has 10 heteroatoms. The van der Waals surface area contributed by atoms with E-state index in [2.05, 4.69) is 4.90 Å². The van der Waals surface area contributed by atoms with Crippen molar-refractivity contribution in [2.24, 2.45) is 0 Å². The highest BCUT2D eigenvalue weighted by atomic mass is 35.5. The third kappa shape index (κ3) is 4.29. The zero-order chi connectivity index (χ0) is 21.3. The molecule has 0 bridgehead atoms. The standard InChI is InChI=1S/C20H19Cl2N3O3S2/c1-28-18-7-6-16(22)12-19(18)30(26,27)25-10-8-24(9-11-25)20-23-17(13-29-20)14-2-4-15(21)5-3-14/h2-7,12-13H,8-11H2,1H3. The fourth-order valence-corrected chi connectivity index (χ4v) is 6.13. The predicted molar refractivity (Wildman–Crippen MR) is 122 cm³/mol. The largest absolute Gasteiger partial charge is 0.495 e. The molecule has 0 aliphatic carbocycles. The molecular formula is C20H19Cl2N3O3S2. The average Bonchev–Trinajstić information content (AvgIpc) is 3.24. The van der Waals surface area contributed by atoms with Crippen LogP contribution in [0.25, 0.3) is 11.3 Å². The molecule has 3 aromatic rings. The lowest BCUT2D eigenvalue weighted by Gasteiger charge is -2.34. The Morgan fingerprint density at radius 3 is 2.33 bits per heavy atom. The third-order valence-electron chi connectivity index (χ3n) is 4.88. The van der Waals surface area contributed by atoms with Crippen LogP contribution in [-0.4, -0.2) is 51.0 Å². The molecule has 1 fully saturated rings. The summed E-state index contributed by atoms with van der Waals surface area (Å²) in [6, 6.07) is 12.2. The van der Waals surface area contributed by atoms with E-state index >= 15 is 0 Å². The molecule has 158 valence electrons. The number of halogens is 2. The maximum atomic E-state index is 13.1. The van der Waals surface area contributed by atoms with Crippen LogP contribution in [0.2, 0.25) is 10.0 Å². The lowest BCUT2D eigenvalue weighted by Crippen LogP contribution is -2.48. The molecule has 0 amide bonds. The highest BCUT2D eigenvalue weighted by Gasteiger charge is 2.31. The van der Waals surface area contributed by atoms with Crippen LogP contribution >= 0.6 is 34.5 Å². The summed E-state index contributed by atoms with van der Waals surface area (Å²) in [7, 11) is -2.26. The van der Waals surface area contributed by atoms with Crippen molar-refractivity contribution >= 4 is 49.7 Å². The van der Waals surface area contributed by atoms with E-state index in [1.165, 1.54) is 17.5 Å². The molecule has 1 saturated heterocycles. The van der Waals surface area contributed by atoms with Gasteiger partial charge in [-0.2, -0.15) is 4.31 Å². The molecule has 1 aliphatic rings. The van der Waals surface area contributed by atoms with Gasteiger partial charge in [0.2, 0.25) is 10.0 Å². The maximum Gasteiger partial charge on any atom is 0.246 e. The molecule has 2 heterocycles. The molecule has 0 spiro atoms. The highest BCUT2D eigenvalue weighted by Crippen LogP contribution is 2.32. The average molecular weight is 484 g/mol.